The molecule has 7 heteroatoms. The highest BCUT2D eigenvalue weighted by atomic mass is 19.1. The minimum atomic E-state index is -0.434. The summed E-state index contributed by atoms with van der Waals surface area (Å²) in [6.07, 6.45) is 0.855. The summed E-state index contributed by atoms with van der Waals surface area (Å²) >= 11 is 0. The normalized spacial score (nSPS) is 14.7. The molecule has 1 saturated heterocycles. The zero-order valence-electron chi connectivity index (χ0n) is 13.6. The molecule has 1 heterocycles. The molecule has 0 atom stereocenters. The molecule has 1 aromatic rings. The Kier molecular flexibility index (Phi) is 5.92. The number of carbonyl (C=O) groups is 2. The first-order valence-corrected chi connectivity index (χ1v) is 7.71. The molecule has 23 heavy (non-hydrogen) atoms. The van der Waals surface area contributed by atoms with Crippen molar-refractivity contribution >= 4 is 17.6 Å². The third-order valence-corrected chi connectivity index (χ3v) is 3.68. The highest BCUT2D eigenvalue weighted by Crippen LogP contribution is 2.23. The number of amides is 3. The van der Waals surface area contributed by atoms with Crippen LogP contribution in [-0.4, -0.2) is 68.6 Å². The molecular formula is C16H23FN4O2. The van der Waals surface area contributed by atoms with Gasteiger partial charge in [-0.3, -0.25) is 9.69 Å². The third kappa shape index (κ3) is 4.66. The fourth-order valence-corrected chi connectivity index (χ4v) is 2.48. The van der Waals surface area contributed by atoms with Gasteiger partial charge in [0.1, 0.15) is 12.4 Å². The summed E-state index contributed by atoms with van der Waals surface area (Å²) in [6.45, 7) is 2.28. The maximum atomic E-state index is 13.8. The van der Waals surface area contributed by atoms with Gasteiger partial charge in [0.05, 0.1) is 5.69 Å². The highest BCUT2D eigenvalue weighted by molar-refractivity contribution is 5.96. The number of nitrogens with one attached hydrogen (secondary N) is 1. The molecule has 1 aliphatic heterocycles. The molecule has 0 saturated carbocycles. The van der Waals surface area contributed by atoms with Crippen molar-refractivity contribution in [2.75, 3.05) is 51.7 Å². The van der Waals surface area contributed by atoms with Crippen LogP contribution in [0.15, 0.2) is 24.3 Å². The summed E-state index contributed by atoms with van der Waals surface area (Å²) in [5, 5.41) is 2.80. The monoisotopic (exact) mass is 322 g/mol. The average molecular weight is 322 g/mol. The van der Waals surface area contributed by atoms with Gasteiger partial charge < -0.3 is 15.1 Å². The Labute approximate surface area is 135 Å². The number of halogens is 1. The predicted molar refractivity (Wildman–Crippen MR) is 86.9 cm³/mol. The van der Waals surface area contributed by atoms with Crippen molar-refractivity contribution in [3.05, 3.63) is 30.1 Å². The van der Waals surface area contributed by atoms with Crippen molar-refractivity contribution in [1.29, 1.82) is 0 Å². The largest absolute Gasteiger partial charge is 0.355 e. The van der Waals surface area contributed by atoms with Crippen LogP contribution in [0, 0.1) is 5.82 Å². The van der Waals surface area contributed by atoms with Gasteiger partial charge in [-0.05, 0) is 39.2 Å². The van der Waals surface area contributed by atoms with Crippen LogP contribution in [-0.2, 0) is 4.79 Å². The Morgan fingerprint density at radius 2 is 2.04 bits per heavy atom. The Bertz CT molecular complexity index is 565. The van der Waals surface area contributed by atoms with E-state index in [2.05, 4.69) is 5.32 Å². The van der Waals surface area contributed by atoms with Gasteiger partial charge in [-0.2, -0.15) is 0 Å². The fourth-order valence-electron chi connectivity index (χ4n) is 2.48. The number of hydrogen-bond acceptors (Lipinski definition) is 3. The van der Waals surface area contributed by atoms with Crippen molar-refractivity contribution in [3.63, 3.8) is 0 Å². The van der Waals surface area contributed by atoms with E-state index in [1.165, 1.54) is 15.9 Å². The summed E-state index contributed by atoms with van der Waals surface area (Å²) in [4.78, 5) is 29.1. The van der Waals surface area contributed by atoms with Crippen molar-refractivity contribution in [1.82, 2.24) is 15.1 Å². The van der Waals surface area contributed by atoms with E-state index in [-0.39, 0.29) is 24.2 Å². The van der Waals surface area contributed by atoms with Gasteiger partial charge in [-0.15, -0.1) is 0 Å². The van der Waals surface area contributed by atoms with E-state index in [4.69, 9.17) is 0 Å². The van der Waals surface area contributed by atoms with Gasteiger partial charge in [-0.1, -0.05) is 12.1 Å². The summed E-state index contributed by atoms with van der Waals surface area (Å²) in [6, 6.07) is 5.82. The number of carbonyl (C=O) groups excluding carboxylic acids is 2. The standard InChI is InChI=1S/C16H23FN4O2/c1-19(2)9-5-8-18-15(22)12-20-10-11-21(16(20)23)14-7-4-3-6-13(14)17/h3-4,6-7H,5,8-12H2,1-2H3,(H,18,22). The smallest absolute Gasteiger partial charge is 0.325 e. The molecule has 126 valence electrons. The van der Waals surface area contributed by atoms with Gasteiger partial charge >= 0.3 is 6.03 Å². The number of benzene rings is 1. The van der Waals surface area contributed by atoms with Crippen LogP contribution in [0.2, 0.25) is 0 Å². The Hall–Kier alpha value is -2.15. The SMILES string of the molecule is CN(C)CCCNC(=O)CN1CCN(c2ccccc2F)C1=O. The topological polar surface area (TPSA) is 55.9 Å². The lowest BCUT2D eigenvalue weighted by Gasteiger charge is -2.19. The van der Waals surface area contributed by atoms with Gasteiger partial charge in [-0.25, -0.2) is 9.18 Å². The van der Waals surface area contributed by atoms with Gasteiger partial charge in [0.2, 0.25) is 5.91 Å². The fraction of sp³-hybridized carbons (Fsp3) is 0.500. The molecule has 1 fully saturated rings. The highest BCUT2D eigenvalue weighted by Gasteiger charge is 2.31. The van der Waals surface area contributed by atoms with Gasteiger partial charge in [0, 0.05) is 19.6 Å². The van der Waals surface area contributed by atoms with E-state index < -0.39 is 5.82 Å². The van der Waals surface area contributed by atoms with Crippen LogP contribution in [0.5, 0.6) is 0 Å². The molecule has 0 spiro atoms. The maximum absolute atomic E-state index is 13.8. The van der Waals surface area contributed by atoms with E-state index >= 15 is 0 Å². The molecule has 0 radical (unpaired) electrons. The van der Waals surface area contributed by atoms with E-state index in [0.29, 0.717) is 19.6 Å². The number of urea groups is 1. The van der Waals surface area contributed by atoms with Crippen LogP contribution in [0.25, 0.3) is 0 Å². The number of nitrogens with zero attached hydrogens (tertiary/aromatic N) is 3. The second-order valence-electron chi connectivity index (χ2n) is 5.81. The van der Waals surface area contributed by atoms with Crippen molar-refractivity contribution in [2.45, 2.75) is 6.42 Å². The molecule has 3 amide bonds. The molecule has 1 aromatic carbocycles. The summed E-state index contributed by atoms with van der Waals surface area (Å²) in [5.74, 6) is -0.622. The van der Waals surface area contributed by atoms with E-state index in [0.717, 1.165) is 13.0 Å². The first-order valence-electron chi connectivity index (χ1n) is 7.71. The Morgan fingerprint density at radius 1 is 1.30 bits per heavy atom. The Balaban J connectivity index is 1.83. The number of anilines is 1. The summed E-state index contributed by atoms with van der Waals surface area (Å²) < 4.78 is 13.8. The number of rotatable bonds is 7. The zero-order valence-corrected chi connectivity index (χ0v) is 13.6. The van der Waals surface area contributed by atoms with Gasteiger partial charge in [0.25, 0.3) is 0 Å². The average Bonchev–Trinajstić information content (AvgIpc) is 2.85. The van der Waals surface area contributed by atoms with Crippen molar-refractivity contribution in [3.8, 4) is 0 Å². The first kappa shape index (κ1) is 17.2. The molecule has 0 unspecified atom stereocenters. The molecule has 2 rings (SSSR count). The van der Waals surface area contributed by atoms with Crippen LogP contribution < -0.4 is 10.2 Å². The van der Waals surface area contributed by atoms with Crippen LogP contribution >= 0.6 is 0 Å². The second-order valence-corrected chi connectivity index (χ2v) is 5.81. The first-order chi connectivity index (χ1) is 11.0. The van der Waals surface area contributed by atoms with Crippen molar-refractivity contribution in [2.24, 2.45) is 0 Å². The molecule has 0 bridgehead atoms. The zero-order chi connectivity index (χ0) is 16.8. The second kappa shape index (κ2) is 7.92. The van der Waals surface area contributed by atoms with E-state index in [1.54, 1.807) is 18.2 Å². The van der Waals surface area contributed by atoms with Crippen molar-refractivity contribution < 1.29 is 14.0 Å². The summed E-state index contributed by atoms with van der Waals surface area (Å²) in [7, 11) is 3.95. The lowest BCUT2D eigenvalue weighted by molar-refractivity contribution is -0.121. The molecule has 1 N–H and O–H groups in total. The number of hydrogen-bond donors (Lipinski definition) is 1. The molecular weight excluding hydrogens is 299 g/mol. The quantitative estimate of drug-likeness (QED) is 0.766. The molecule has 0 aromatic heterocycles. The molecule has 1 aliphatic rings. The Morgan fingerprint density at radius 3 is 2.74 bits per heavy atom. The lowest BCUT2D eigenvalue weighted by atomic mass is 10.3. The molecule has 0 aliphatic carbocycles. The van der Waals surface area contributed by atoms with Crippen LogP contribution in [0.3, 0.4) is 0 Å². The number of para-hydroxylation sites is 1. The molecule has 6 nitrogen and oxygen atoms in total. The maximum Gasteiger partial charge on any atom is 0.325 e. The predicted octanol–water partition coefficient (Wildman–Crippen LogP) is 1.14. The van der Waals surface area contributed by atoms with Crippen LogP contribution in [0.4, 0.5) is 14.9 Å². The van der Waals surface area contributed by atoms with E-state index in [1.807, 2.05) is 19.0 Å². The third-order valence-electron chi connectivity index (χ3n) is 3.68. The lowest BCUT2D eigenvalue weighted by Crippen LogP contribution is -2.40. The van der Waals surface area contributed by atoms with E-state index in [9.17, 15) is 14.0 Å². The summed E-state index contributed by atoms with van der Waals surface area (Å²) in [5.41, 5.74) is 0.256. The minimum absolute atomic E-state index is 0.00570. The van der Waals surface area contributed by atoms with Gasteiger partial charge in [0.15, 0.2) is 0 Å². The van der Waals surface area contributed by atoms with Crippen LogP contribution in [0.1, 0.15) is 6.42 Å². The minimum Gasteiger partial charge on any atom is -0.355 e.